The van der Waals surface area contributed by atoms with Crippen LogP contribution in [-0.4, -0.2) is 25.5 Å². The topological polar surface area (TPSA) is 24.7 Å². The summed E-state index contributed by atoms with van der Waals surface area (Å²) in [6.45, 7) is 8.42. The molecule has 2 nitrogen and oxygen atoms in total. The van der Waals surface area contributed by atoms with E-state index >= 15 is 0 Å². The van der Waals surface area contributed by atoms with E-state index in [4.69, 9.17) is 0 Å². The van der Waals surface area contributed by atoms with E-state index < -0.39 is 0 Å². The molecule has 2 heteroatoms. The standard InChI is InChI=1S/C8H12N2/c1-3-5-9-7-8-10-6-4-2/h3-6H,1-2,7-8H2. The molecule has 0 amide bonds. The first-order chi connectivity index (χ1) is 4.91. The minimum absolute atomic E-state index is 0.719. The van der Waals surface area contributed by atoms with Gasteiger partial charge in [0.2, 0.25) is 0 Å². The van der Waals surface area contributed by atoms with Gasteiger partial charge in [0.25, 0.3) is 0 Å². The zero-order valence-electron chi connectivity index (χ0n) is 6.03. The third-order valence-corrected chi connectivity index (χ3v) is 0.780. The molecule has 0 aromatic rings. The number of allylic oxidation sites excluding steroid dienone is 2. The summed E-state index contributed by atoms with van der Waals surface area (Å²) in [6.07, 6.45) is 6.64. The second-order valence-corrected chi connectivity index (χ2v) is 1.58. The Labute approximate surface area is 61.7 Å². The van der Waals surface area contributed by atoms with Crippen molar-refractivity contribution >= 4 is 12.4 Å². The van der Waals surface area contributed by atoms with E-state index in [-0.39, 0.29) is 0 Å². The van der Waals surface area contributed by atoms with Crippen molar-refractivity contribution in [3.05, 3.63) is 25.3 Å². The third kappa shape index (κ3) is 6.82. The lowest BCUT2D eigenvalue weighted by Gasteiger charge is -1.83. The molecule has 0 heterocycles. The fraction of sp³-hybridized carbons (Fsp3) is 0.250. The van der Waals surface area contributed by atoms with Crippen molar-refractivity contribution in [2.24, 2.45) is 9.98 Å². The summed E-state index contributed by atoms with van der Waals surface area (Å²) in [6, 6.07) is 0. The Morgan fingerprint density at radius 1 is 0.900 bits per heavy atom. The molecule has 0 N–H and O–H groups in total. The lowest BCUT2D eigenvalue weighted by molar-refractivity contribution is 0.986. The minimum Gasteiger partial charge on any atom is -0.291 e. The van der Waals surface area contributed by atoms with Gasteiger partial charge in [0.1, 0.15) is 0 Å². The van der Waals surface area contributed by atoms with Crippen LogP contribution in [0.5, 0.6) is 0 Å². The second kappa shape index (κ2) is 7.82. The van der Waals surface area contributed by atoms with Gasteiger partial charge in [-0.15, -0.1) is 0 Å². The van der Waals surface area contributed by atoms with Crippen LogP contribution in [0.25, 0.3) is 0 Å². The van der Waals surface area contributed by atoms with Crippen LogP contribution in [-0.2, 0) is 0 Å². The van der Waals surface area contributed by atoms with Gasteiger partial charge in [-0.05, 0) is 0 Å². The van der Waals surface area contributed by atoms with Gasteiger partial charge in [0, 0.05) is 12.4 Å². The molecular weight excluding hydrogens is 124 g/mol. The Bertz CT molecular complexity index is 127. The van der Waals surface area contributed by atoms with Crippen LogP contribution in [0.3, 0.4) is 0 Å². The molecule has 0 aromatic heterocycles. The number of nitrogens with zero attached hydrogens (tertiary/aromatic N) is 2. The molecule has 0 radical (unpaired) electrons. The normalized spacial score (nSPS) is 10.8. The molecule has 0 rings (SSSR count). The highest BCUT2D eigenvalue weighted by Gasteiger charge is 1.72. The quantitative estimate of drug-likeness (QED) is 0.404. The summed E-state index contributed by atoms with van der Waals surface area (Å²) in [4.78, 5) is 7.94. The molecule has 0 aliphatic carbocycles. The van der Waals surface area contributed by atoms with Gasteiger partial charge < -0.3 is 0 Å². The lowest BCUT2D eigenvalue weighted by Crippen LogP contribution is -1.85. The second-order valence-electron chi connectivity index (χ2n) is 1.58. The molecule has 0 spiro atoms. The predicted molar refractivity (Wildman–Crippen MR) is 47.1 cm³/mol. The molecule has 54 valence electrons. The maximum Gasteiger partial charge on any atom is 0.0585 e. The Morgan fingerprint density at radius 3 is 1.60 bits per heavy atom. The smallest absolute Gasteiger partial charge is 0.0585 e. The van der Waals surface area contributed by atoms with Crippen molar-refractivity contribution in [1.29, 1.82) is 0 Å². The lowest BCUT2D eigenvalue weighted by atomic mass is 10.6. The summed E-state index contributed by atoms with van der Waals surface area (Å²) in [5.74, 6) is 0. The van der Waals surface area contributed by atoms with E-state index in [2.05, 4.69) is 23.1 Å². The van der Waals surface area contributed by atoms with Gasteiger partial charge in [0.15, 0.2) is 0 Å². The van der Waals surface area contributed by atoms with Crippen LogP contribution in [0.15, 0.2) is 35.3 Å². The van der Waals surface area contributed by atoms with Gasteiger partial charge in [-0.1, -0.05) is 25.3 Å². The fourth-order valence-electron chi connectivity index (χ4n) is 0.414. The average molecular weight is 136 g/mol. The molecule has 0 aromatic carbocycles. The van der Waals surface area contributed by atoms with Gasteiger partial charge in [0.05, 0.1) is 13.1 Å². The Morgan fingerprint density at radius 2 is 1.30 bits per heavy atom. The maximum atomic E-state index is 3.97. The molecule has 0 bridgehead atoms. The first-order valence-electron chi connectivity index (χ1n) is 3.13. The molecule has 0 atom stereocenters. The van der Waals surface area contributed by atoms with Gasteiger partial charge in [-0.3, -0.25) is 9.98 Å². The predicted octanol–water partition coefficient (Wildman–Crippen LogP) is 1.50. The SMILES string of the molecule is C=CC=NCCN=CC=C. The highest BCUT2D eigenvalue weighted by atomic mass is 14.8. The number of aliphatic imine (C=N–C) groups is 2. The molecule has 0 fully saturated rings. The summed E-state index contributed by atoms with van der Waals surface area (Å²) in [5.41, 5.74) is 0. The van der Waals surface area contributed by atoms with Gasteiger partial charge in [-0.25, -0.2) is 0 Å². The van der Waals surface area contributed by atoms with Crippen LogP contribution < -0.4 is 0 Å². The van der Waals surface area contributed by atoms with Gasteiger partial charge in [-0.2, -0.15) is 0 Å². The highest BCUT2D eigenvalue weighted by Crippen LogP contribution is 1.71. The third-order valence-electron chi connectivity index (χ3n) is 0.780. The zero-order valence-corrected chi connectivity index (χ0v) is 6.03. The Hall–Kier alpha value is -1.18. The Kier molecular flexibility index (Phi) is 6.90. The average Bonchev–Trinajstić information content (AvgIpc) is 1.97. The van der Waals surface area contributed by atoms with Crippen molar-refractivity contribution in [1.82, 2.24) is 0 Å². The van der Waals surface area contributed by atoms with Crippen LogP contribution in [0.2, 0.25) is 0 Å². The molecule has 0 saturated carbocycles. The molecule has 0 aliphatic rings. The van der Waals surface area contributed by atoms with Crippen molar-refractivity contribution < 1.29 is 0 Å². The monoisotopic (exact) mass is 136 g/mol. The fourth-order valence-corrected chi connectivity index (χ4v) is 0.414. The zero-order chi connectivity index (χ0) is 7.66. The summed E-state index contributed by atoms with van der Waals surface area (Å²) < 4.78 is 0. The van der Waals surface area contributed by atoms with E-state index in [0.29, 0.717) is 0 Å². The van der Waals surface area contributed by atoms with Crippen LogP contribution in [0.1, 0.15) is 0 Å². The van der Waals surface area contributed by atoms with E-state index in [1.54, 1.807) is 24.6 Å². The van der Waals surface area contributed by atoms with Crippen molar-refractivity contribution in [2.45, 2.75) is 0 Å². The first-order valence-corrected chi connectivity index (χ1v) is 3.13. The molecule has 0 unspecified atom stereocenters. The number of rotatable bonds is 5. The van der Waals surface area contributed by atoms with Crippen LogP contribution in [0.4, 0.5) is 0 Å². The van der Waals surface area contributed by atoms with E-state index in [9.17, 15) is 0 Å². The largest absolute Gasteiger partial charge is 0.291 e. The Balaban J connectivity index is 3.19. The van der Waals surface area contributed by atoms with Crippen LogP contribution in [0, 0.1) is 0 Å². The van der Waals surface area contributed by atoms with Crippen LogP contribution >= 0.6 is 0 Å². The number of hydrogen-bond acceptors (Lipinski definition) is 2. The molecule has 0 aliphatic heterocycles. The van der Waals surface area contributed by atoms with E-state index in [0.717, 1.165) is 13.1 Å². The summed E-state index contributed by atoms with van der Waals surface area (Å²) >= 11 is 0. The van der Waals surface area contributed by atoms with Gasteiger partial charge >= 0.3 is 0 Å². The summed E-state index contributed by atoms with van der Waals surface area (Å²) in [5, 5.41) is 0. The van der Waals surface area contributed by atoms with E-state index in [1.807, 2.05) is 0 Å². The van der Waals surface area contributed by atoms with E-state index in [1.165, 1.54) is 0 Å². The minimum atomic E-state index is 0.719. The first kappa shape index (κ1) is 8.82. The van der Waals surface area contributed by atoms with Crippen molar-refractivity contribution in [3.63, 3.8) is 0 Å². The van der Waals surface area contributed by atoms with Crippen molar-refractivity contribution in [3.8, 4) is 0 Å². The molecule has 0 saturated heterocycles. The molecular formula is C8H12N2. The molecule has 10 heavy (non-hydrogen) atoms. The summed E-state index contributed by atoms with van der Waals surface area (Å²) in [7, 11) is 0. The maximum absolute atomic E-state index is 3.97. The van der Waals surface area contributed by atoms with Crippen molar-refractivity contribution in [2.75, 3.05) is 13.1 Å². The highest BCUT2D eigenvalue weighted by molar-refractivity contribution is 5.70. The number of hydrogen-bond donors (Lipinski definition) is 0.